The second-order valence-electron chi connectivity index (χ2n) is 7.14. The Morgan fingerprint density at radius 3 is 2.60 bits per heavy atom. The first-order valence-corrected chi connectivity index (χ1v) is 9.50. The van der Waals surface area contributed by atoms with Crippen LogP contribution in [0.25, 0.3) is 21.9 Å². The molecule has 0 fully saturated rings. The number of carbonyl (C=O) groups is 1. The number of aromatic hydroxyl groups is 1. The number of amides is 1. The fraction of sp³-hybridized carbons (Fsp3) is 0.125. The lowest BCUT2D eigenvalue weighted by molar-refractivity contribution is -0.120. The van der Waals surface area contributed by atoms with Gasteiger partial charge in [-0.05, 0) is 49.2 Å². The Hall–Kier alpha value is -3.93. The molecule has 150 valence electrons. The molecule has 0 unspecified atom stereocenters. The van der Waals surface area contributed by atoms with Gasteiger partial charge in [0.25, 0.3) is 0 Å². The summed E-state index contributed by atoms with van der Waals surface area (Å²) >= 11 is 0. The van der Waals surface area contributed by atoms with Crippen molar-refractivity contribution in [3.8, 4) is 5.75 Å². The zero-order chi connectivity index (χ0) is 21.3. The van der Waals surface area contributed by atoms with Crippen LogP contribution in [0.15, 0.2) is 68.9 Å². The Morgan fingerprint density at radius 2 is 1.80 bits per heavy atom. The molecule has 30 heavy (non-hydrogen) atoms. The van der Waals surface area contributed by atoms with Crippen LogP contribution in [0.4, 0.5) is 0 Å². The van der Waals surface area contributed by atoms with Crippen LogP contribution in [-0.2, 0) is 11.2 Å². The van der Waals surface area contributed by atoms with Gasteiger partial charge < -0.3 is 9.52 Å². The Bertz CT molecular complexity index is 1370. The minimum atomic E-state index is -0.363. The molecule has 0 saturated carbocycles. The smallest absolute Gasteiger partial charge is 0.244 e. The lowest BCUT2D eigenvalue weighted by atomic mass is 10.0. The maximum Gasteiger partial charge on any atom is 0.244 e. The predicted octanol–water partition coefficient (Wildman–Crippen LogP) is 3.96. The van der Waals surface area contributed by atoms with E-state index in [0.717, 1.165) is 11.1 Å². The van der Waals surface area contributed by atoms with Crippen LogP contribution in [0.1, 0.15) is 22.3 Å². The number of nitrogens with one attached hydrogen (secondary N) is 1. The monoisotopic (exact) mass is 400 g/mol. The number of hydrazone groups is 1. The molecule has 0 radical (unpaired) electrons. The van der Waals surface area contributed by atoms with Gasteiger partial charge in [0.05, 0.1) is 23.4 Å². The van der Waals surface area contributed by atoms with Crippen molar-refractivity contribution in [1.29, 1.82) is 0 Å². The van der Waals surface area contributed by atoms with E-state index in [4.69, 9.17) is 4.42 Å². The van der Waals surface area contributed by atoms with Crippen molar-refractivity contribution in [2.24, 2.45) is 5.10 Å². The Morgan fingerprint density at radius 1 is 1.03 bits per heavy atom. The van der Waals surface area contributed by atoms with E-state index in [9.17, 15) is 14.7 Å². The molecular formula is C24H20N2O4. The quantitative estimate of drug-likeness (QED) is 0.308. The van der Waals surface area contributed by atoms with Crippen molar-refractivity contribution in [2.45, 2.75) is 20.3 Å². The Kier molecular flexibility index (Phi) is 5.06. The number of phenolic OH excluding ortho intramolecular Hbond substituents is 1. The largest absolute Gasteiger partial charge is 0.507 e. The molecule has 0 aliphatic rings. The molecule has 4 rings (SSSR count). The molecule has 1 amide bonds. The Labute approximate surface area is 172 Å². The molecule has 0 spiro atoms. The number of hydrogen-bond acceptors (Lipinski definition) is 5. The van der Waals surface area contributed by atoms with Crippen molar-refractivity contribution in [2.75, 3.05) is 0 Å². The van der Waals surface area contributed by atoms with E-state index >= 15 is 0 Å². The normalized spacial score (nSPS) is 11.4. The first kappa shape index (κ1) is 19.4. The van der Waals surface area contributed by atoms with Crippen LogP contribution >= 0.6 is 0 Å². The zero-order valence-electron chi connectivity index (χ0n) is 16.6. The molecular weight excluding hydrogens is 380 g/mol. The van der Waals surface area contributed by atoms with Crippen LogP contribution in [0.3, 0.4) is 0 Å². The molecule has 0 bridgehead atoms. The molecule has 0 saturated heterocycles. The second-order valence-corrected chi connectivity index (χ2v) is 7.14. The van der Waals surface area contributed by atoms with Gasteiger partial charge in [0, 0.05) is 11.1 Å². The maximum absolute atomic E-state index is 12.9. The molecule has 0 atom stereocenters. The van der Waals surface area contributed by atoms with Gasteiger partial charge in [-0.25, -0.2) is 5.43 Å². The molecule has 4 aromatic rings. The van der Waals surface area contributed by atoms with Gasteiger partial charge in [0.2, 0.25) is 11.3 Å². The highest BCUT2D eigenvalue weighted by Gasteiger charge is 2.15. The van der Waals surface area contributed by atoms with Crippen LogP contribution in [0.2, 0.25) is 0 Å². The molecule has 3 aromatic carbocycles. The number of para-hydroxylation sites is 2. The van der Waals surface area contributed by atoms with Crippen molar-refractivity contribution in [3.63, 3.8) is 0 Å². The summed E-state index contributed by atoms with van der Waals surface area (Å²) in [5.74, 6) is -0.290. The molecule has 1 aromatic heterocycles. The van der Waals surface area contributed by atoms with Crippen molar-refractivity contribution < 1.29 is 14.3 Å². The Balaban J connectivity index is 1.66. The third-order valence-electron chi connectivity index (χ3n) is 5.15. The molecule has 6 nitrogen and oxygen atoms in total. The molecule has 2 N–H and O–H groups in total. The summed E-state index contributed by atoms with van der Waals surface area (Å²) in [6, 6.07) is 15.6. The average molecular weight is 400 g/mol. The summed E-state index contributed by atoms with van der Waals surface area (Å²) in [6.07, 6.45) is 1.37. The van der Waals surface area contributed by atoms with Gasteiger partial charge in [-0.15, -0.1) is 0 Å². The van der Waals surface area contributed by atoms with E-state index < -0.39 is 0 Å². The summed E-state index contributed by atoms with van der Waals surface area (Å²) in [5, 5.41) is 14.6. The standard InChI is InChI=1S/C24H20N2O4/c1-14-10-11-19-22(29)18-8-5-7-16(24(18)30-23(19)15(14)2)12-21(28)26-25-13-17-6-3-4-9-20(17)27/h3-11,13,27H,12H2,1-2H3,(H,26,28)/b25-13+. The number of aryl methyl sites for hydroxylation is 2. The fourth-order valence-electron chi connectivity index (χ4n) is 3.35. The number of rotatable bonds is 4. The summed E-state index contributed by atoms with van der Waals surface area (Å²) in [5.41, 5.74) is 6.29. The van der Waals surface area contributed by atoms with Crippen molar-refractivity contribution >= 4 is 34.1 Å². The maximum atomic E-state index is 12.9. The molecule has 0 aliphatic carbocycles. The van der Waals surface area contributed by atoms with Gasteiger partial charge in [-0.2, -0.15) is 5.10 Å². The number of benzene rings is 3. The van der Waals surface area contributed by atoms with Gasteiger partial charge >= 0.3 is 0 Å². The second kappa shape index (κ2) is 7.83. The van der Waals surface area contributed by atoms with E-state index in [0.29, 0.717) is 33.1 Å². The van der Waals surface area contributed by atoms with Crippen LogP contribution in [0, 0.1) is 13.8 Å². The molecule has 1 heterocycles. The van der Waals surface area contributed by atoms with E-state index in [-0.39, 0.29) is 23.5 Å². The summed E-state index contributed by atoms with van der Waals surface area (Å²) in [6.45, 7) is 3.87. The van der Waals surface area contributed by atoms with E-state index in [1.165, 1.54) is 12.3 Å². The van der Waals surface area contributed by atoms with Gasteiger partial charge in [-0.1, -0.05) is 30.3 Å². The summed E-state index contributed by atoms with van der Waals surface area (Å²) < 4.78 is 6.11. The third kappa shape index (κ3) is 3.55. The number of phenols is 1. The number of nitrogens with zero attached hydrogens (tertiary/aromatic N) is 1. The highest BCUT2D eigenvalue weighted by atomic mass is 16.3. The number of fused-ring (bicyclic) bond motifs is 2. The van der Waals surface area contributed by atoms with Crippen LogP contribution in [-0.4, -0.2) is 17.2 Å². The lowest BCUT2D eigenvalue weighted by Crippen LogP contribution is -2.20. The van der Waals surface area contributed by atoms with Gasteiger partial charge in [0.15, 0.2) is 0 Å². The third-order valence-corrected chi connectivity index (χ3v) is 5.15. The van der Waals surface area contributed by atoms with Gasteiger partial charge in [0.1, 0.15) is 16.9 Å². The SMILES string of the molecule is Cc1ccc2c(=O)c3cccc(CC(=O)N/N=C/c4ccccc4O)c3oc2c1C. The fourth-order valence-corrected chi connectivity index (χ4v) is 3.35. The molecule has 0 aliphatic heterocycles. The highest BCUT2D eigenvalue weighted by molar-refractivity contribution is 5.94. The number of hydrogen-bond donors (Lipinski definition) is 2. The first-order chi connectivity index (χ1) is 14.5. The van der Waals surface area contributed by atoms with Crippen molar-refractivity contribution in [1.82, 2.24) is 5.43 Å². The van der Waals surface area contributed by atoms with Crippen LogP contribution in [0.5, 0.6) is 5.75 Å². The first-order valence-electron chi connectivity index (χ1n) is 9.50. The minimum absolute atomic E-state index is 0.00520. The topological polar surface area (TPSA) is 91.9 Å². The summed E-state index contributed by atoms with van der Waals surface area (Å²) in [7, 11) is 0. The van der Waals surface area contributed by atoms with Crippen molar-refractivity contribution in [3.05, 3.63) is 87.1 Å². The van der Waals surface area contributed by atoms with E-state index in [1.54, 1.807) is 42.5 Å². The summed E-state index contributed by atoms with van der Waals surface area (Å²) in [4.78, 5) is 25.3. The highest BCUT2D eigenvalue weighted by Crippen LogP contribution is 2.26. The predicted molar refractivity (Wildman–Crippen MR) is 117 cm³/mol. The average Bonchev–Trinajstić information content (AvgIpc) is 2.73. The molecule has 6 heteroatoms. The zero-order valence-corrected chi connectivity index (χ0v) is 16.6. The van der Waals surface area contributed by atoms with Crippen LogP contribution < -0.4 is 10.9 Å². The van der Waals surface area contributed by atoms with E-state index in [2.05, 4.69) is 10.5 Å². The minimum Gasteiger partial charge on any atom is -0.507 e. The van der Waals surface area contributed by atoms with E-state index in [1.807, 2.05) is 19.9 Å². The van der Waals surface area contributed by atoms with Gasteiger partial charge in [-0.3, -0.25) is 9.59 Å². The number of carbonyl (C=O) groups excluding carboxylic acids is 1. The lowest BCUT2D eigenvalue weighted by Gasteiger charge is -2.09.